The van der Waals surface area contributed by atoms with Gasteiger partial charge in [-0.15, -0.1) is 0 Å². The van der Waals surface area contributed by atoms with Crippen LogP contribution in [0, 0.1) is 5.82 Å². The summed E-state index contributed by atoms with van der Waals surface area (Å²) >= 11 is 0. The topological polar surface area (TPSA) is 94.0 Å². The van der Waals surface area contributed by atoms with Gasteiger partial charge in [0.2, 0.25) is 0 Å². The summed E-state index contributed by atoms with van der Waals surface area (Å²) in [7, 11) is 0. The highest BCUT2D eigenvalue weighted by molar-refractivity contribution is 5.98. The van der Waals surface area contributed by atoms with E-state index in [4.69, 9.17) is 5.73 Å². The number of H-pyrrole nitrogens is 2. The second-order valence-electron chi connectivity index (χ2n) is 9.15. The number of rotatable bonds is 3. The molecule has 6 rings (SSSR count). The molecule has 0 spiro atoms. The maximum Gasteiger partial charge on any atom is 0.261 e. The van der Waals surface area contributed by atoms with Gasteiger partial charge in [0.15, 0.2) is 0 Å². The summed E-state index contributed by atoms with van der Waals surface area (Å²) < 4.78 is 14.4. The number of imidazole rings is 1. The molecule has 0 bridgehead atoms. The summed E-state index contributed by atoms with van der Waals surface area (Å²) in [4.78, 5) is 28.4. The number of hydrogen-bond acceptors (Lipinski definition) is 5. The maximum absolute atomic E-state index is 14.4. The van der Waals surface area contributed by atoms with Crippen molar-refractivity contribution in [3.8, 4) is 11.4 Å². The van der Waals surface area contributed by atoms with Gasteiger partial charge in [-0.05, 0) is 43.2 Å². The SMILES string of the molecule is Nc1c(-c2nc3ccc(N4CCN(C5CCCC5)CC4)cc3[nH]2)c(=O)[nH]c2cccc(F)c12. The molecule has 1 saturated heterocycles. The van der Waals surface area contributed by atoms with E-state index in [2.05, 4.69) is 36.9 Å². The van der Waals surface area contributed by atoms with Crippen LogP contribution in [0.15, 0.2) is 41.2 Å². The minimum absolute atomic E-state index is 0.0918. The van der Waals surface area contributed by atoms with Crippen LogP contribution < -0.4 is 16.2 Å². The van der Waals surface area contributed by atoms with Crippen molar-refractivity contribution in [1.29, 1.82) is 0 Å². The fraction of sp³-hybridized carbons (Fsp3) is 0.360. The van der Waals surface area contributed by atoms with E-state index in [0.717, 1.165) is 48.9 Å². The standard InChI is InChI=1S/C25H27FN6O/c26-17-6-3-7-19-21(17)23(27)22(25(33)30-19)24-28-18-9-8-16(14-20(18)29-24)32-12-10-31(11-13-32)15-4-1-2-5-15/h3,6-9,14-15H,1-2,4-5,10-13H2,(H,28,29)(H3,27,30,33). The Bertz CT molecular complexity index is 1400. The van der Waals surface area contributed by atoms with E-state index < -0.39 is 11.4 Å². The van der Waals surface area contributed by atoms with Crippen molar-refractivity contribution in [3.63, 3.8) is 0 Å². The minimum atomic E-state index is -0.474. The molecule has 0 unspecified atom stereocenters. The number of nitrogens with one attached hydrogen (secondary N) is 2. The fourth-order valence-corrected chi connectivity index (χ4v) is 5.50. The first-order chi connectivity index (χ1) is 16.1. The third kappa shape index (κ3) is 3.45. The molecule has 0 atom stereocenters. The number of benzene rings is 2. The second kappa shape index (κ2) is 7.88. The Labute approximate surface area is 190 Å². The number of nitrogens with zero attached hydrogens (tertiary/aromatic N) is 3. The number of hydrogen-bond donors (Lipinski definition) is 3. The van der Waals surface area contributed by atoms with Crippen LogP contribution in [0.5, 0.6) is 0 Å². The molecule has 2 aliphatic rings. The van der Waals surface area contributed by atoms with Crippen molar-refractivity contribution in [2.45, 2.75) is 31.7 Å². The van der Waals surface area contributed by atoms with Gasteiger partial charge < -0.3 is 20.6 Å². The van der Waals surface area contributed by atoms with Gasteiger partial charge in [0, 0.05) is 37.9 Å². The lowest BCUT2D eigenvalue weighted by molar-refractivity contribution is 0.187. The molecule has 0 radical (unpaired) electrons. The molecule has 3 heterocycles. The molecule has 1 saturated carbocycles. The summed E-state index contributed by atoms with van der Waals surface area (Å²) in [5.74, 6) is -0.130. The average Bonchev–Trinajstić information content (AvgIpc) is 3.49. The highest BCUT2D eigenvalue weighted by atomic mass is 19.1. The molecule has 170 valence electrons. The molecular weight excluding hydrogens is 419 g/mol. The van der Waals surface area contributed by atoms with E-state index in [-0.39, 0.29) is 16.6 Å². The second-order valence-corrected chi connectivity index (χ2v) is 9.15. The van der Waals surface area contributed by atoms with Crippen molar-refractivity contribution in [2.24, 2.45) is 0 Å². The third-order valence-electron chi connectivity index (χ3n) is 7.25. The molecule has 4 N–H and O–H groups in total. The Morgan fingerprint density at radius 2 is 1.79 bits per heavy atom. The first-order valence-corrected chi connectivity index (χ1v) is 11.7. The zero-order valence-electron chi connectivity index (χ0n) is 18.4. The molecule has 2 fully saturated rings. The van der Waals surface area contributed by atoms with E-state index in [9.17, 15) is 9.18 Å². The summed E-state index contributed by atoms with van der Waals surface area (Å²) in [6.07, 6.45) is 5.40. The van der Waals surface area contributed by atoms with Crippen molar-refractivity contribution in [1.82, 2.24) is 19.9 Å². The van der Waals surface area contributed by atoms with Crippen LogP contribution in [0.2, 0.25) is 0 Å². The molecule has 33 heavy (non-hydrogen) atoms. The summed E-state index contributed by atoms with van der Waals surface area (Å²) in [6.45, 7) is 4.18. The van der Waals surface area contributed by atoms with E-state index in [1.165, 1.54) is 31.7 Å². The highest BCUT2D eigenvalue weighted by Crippen LogP contribution is 2.31. The van der Waals surface area contributed by atoms with Crippen LogP contribution in [-0.2, 0) is 0 Å². The molecule has 2 aromatic carbocycles. The first-order valence-electron chi connectivity index (χ1n) is 11.7. The summed E-state index contributed by atoms with van der Waals surface area (Å²) in [5.41, 5.74) is 9.19. The Balaban J connectivity index is 1.31. The quantitative estimate of drug-likeness (QED) is 0.444. The average molecular weight is 447 g/mol. The number of nitrogens with two attached hydrogens (primary N) is 1. The van der Waals surface area contributed by atoms with Crippen molar-refractivity contribution < 1.29 is 4.39 Å². The molecule has 7 nitrogen and oxygen atoms in total. The molecule has 2 aromatic heterocycles. The number of fused-ring (bicyclic) bond motifs is 2. The van der Waals surface area contributed by atoms with Gasteiger partial charge in [0.25, 0.3) is 5.56 Å². The monoisotopic (exact) mass is 446 g/mol. The molecule has 8 heteroatoms. The lowest BCUT2D eigenvalue weighted by Crippen LogP contribution is -2.49. The normalized spacial score (nSPS) is 18.0. The number of piperazine rings is 1. The van der Waals surface area contributed by atoms with Gasteiger partial charge in [0.1, 0.15) is 17.2 Å². The van der Waals surface area contributed by atoms with Gasteiger partial charge in [-0.3, -0.25) is 9.69 Å². The predicted octanol–water partition coefficient (Wildman–Crippen LogP) is 3.86. The Morgan fingerprint density at radius 3 is 2.58 bits per heavy atom. The maximum atomic E-state index is 14.4. The van der Waals surface area contributed by atoms with Crippen molar-refractivity contribution >= 4 is 33.3 Å². The largest absolute Gasteiger partial charge is 0.397 e. The van der Waals surface area contributed by atoms with Crippen LogP contribution >= 0.6 is 0 Å². The minimum Gasteiger partial charge on any atom is -0.397 e. The van der Waals surface area contributed by atoms with E-state index in [1.807, 2.05) is 6.07 Å². The van der Waals surface area contributed by atoms with Gasteiger partial charge in [-0.1, -0.05) is 18.9 Å². The van der Waals surface area contributed by atoms with Crippen molar-refractivity contribution in [3.05, 3.63) is 52.6 Å². The van der Waals surface area contributed by atoms with Crippen LogP contribution in [0.25, 0.3) is 33.3 Å². The van der Waals surface area contributed by atoms with Crippen LogP contribution in [0.1, 0.15) is 25.7 Å². The van der Waals surface area contributed by atoms with E-state index in [0.29, 0.717) is 11.3 Å². The first kappa shape index (κ1) is 20.2. The number of pyridine rings is 1. The van der Waals surface area contributed by atoms with E-state index in [1.54, 1.807) is 12.1 Å². The van der Waals surface area contributed by atoms with Crippen LogP contribution in [0.3, 0.4) is 0 Å². The number of aromatic amines is 2. The smallest absolute Gasteiger partial charge is 0.261 e. The Kier molecular flexibility index (Phi) is 4.83. The molecule has 1 aliphatic heterocycles. The van der Waals surface area contributed by atoms with Gasteiger partial charge in [-0.25, -0.2) is 9.37 Å². The summed E-state index contributed by atoms with van der Waals surface area (Å²) in [6, 6.07) is 11.4. The predicted molar refractivity (Wildman–Crippen MR) is 130 cm³/mol. The number of aromatic nitrogens is 3. The van der Waals surface area contributed by atoms with Gasteiger partial charge in [-0.2, -0.15) is 0 Å². The zero-order chi connectivity index (χ0) is 22.5. The molecule has 1 aliphatic carbocycles. The number of halogens is 1. The fourth-order valence-electron chi connectivity index (χ4n) is 5.50. The number of nitrogen functional groups attached to an aromatic ring is 1. The van der Waals surface area contributed by atoms with Crippen LogP contribution in [0.4, 0.5) is 15.8 Å². The zero-order valence-corrected chi connectivity index (χ0v) is 18.4. The van der Waals surface area contributed by atoms with Gasteiger partial charge in [0.05, 0.1) is 27.6 Å². The lowest BCUT2D eigenvalue weighted by Gasteiger charge is -2.39. The van der Waals surface area contributed by atoms with E-state index >= 15 is 0 Å². The third-order valence-corrected chi connectivity index (χ3v) is 7.25. The Morgan fingerprint density at radius 1 is 1.00 bits per heavy atom. The molecule has 4 aromatic rings. The molecular formula is C25H27FN6O. The van der Waals surface area contributed by atoms with Crippen molar-refractivity contribution in [2.75, 3.05) is 36.8 Å². The number of anilines is 2. The molecule has 0 amide bonds. The van der Waals surface area contributed by atoms with Gasteiger partial charge >= 0.3 is 0 Å². The summed E-state index contributed by atoms with van der Waals surface area (Å²) in [5, 5.41) is 0.202. The van der Waals surface area contributed by atoms with Crippen LogP contribution in [-0.4, -0.2) is 52.1 Å². The lowest BCUT2D eigenvalue weighted by atomic mass is 10.1. The highest BCUT2D eigenvalue weighted by Gasteiger charge is 2.26. The Hall–Kier alpha value is -3.39.